The number of halogens is 2. The third kappa shape index (κ3) is 2.60. The molecular formula is C13H6Cl2N2O2S. The molecule has 1 aromatic carbocycles. The Hall–Kier alpha value is -1.69. The van der Waals surface area contributed by atoms with Gasteiger partial charge in [-0.1, -0.05) is 41.4 Å². The van der Waals surface area contributed by atoms with Crippen molar-refractivity contribution >= 4 is 52.5 Å². The Morgan fingerprint density at radius 3 is 2.60 bits per heavy atom. The Kier molecular flexibility index (Phi) is 3.56. The molecule has 0 atom stereocenters. The number of esters is 1. The second-order valence-corrected chi connectivity index (χ2v) is 5.79. The molecule has 0 aliphatic carbocycles. The van der Waals surface area contributed by atoms with Gasteiger partial charge < -0.3 is 4.74 Å². The number of carbonyl (C=O) groups excluding carboxylic acids is 1. The number of nitrogens with zero attached hydrogens (tertiary/aromatic N) is 2. The molecule has 1 aliphatic rings. The zero-order chi connectivity index (χ0) is 14.1. The van der Waals surface area contributed by atoms with Crippen molar-refractivity contribution in [1.29, 1.82) is 0 Å². The topological polar surface area (TPSA) is 51.5 Å². The van der Waals surface area contributed by atoms with Crippen LogP contribution in [0.2, 0.25) is 9.62 Å². The van der Waals surface area contributed by atoms with Crippen LogP contribution in [0.15, 0.2) is 41.0 Å². The van der Waals surface area contributed by atoms with Crippen molar-refractivity contribution in [2.45, 2.75) is 0 Å². The highest BCUT2D eigenvalue weighted by molar-refractivity contribution is 7.17. The van der Waals surface area contributed by atoms with Gasteiger partial charge in [0.15, 0.2) is 10.2 Å². The number of carbonyl (C=O) groups is 1. The van der Waals surface area contributed by atoms with Gasteiger partial charge in [0.1, 0.15) is 5.15 Å². The average molecular weight is 325 g/mol. The van der Waals surface area contributed by atoms with Crippen LogP contribution in [-0.2, 0) is 9.53 Å². The van der Waals surface area contributed by atoms with E-state index in [2.05, 4.69) is 9.98 Å². The van der Waals surface area contributed by atoms with Gasteiger partial charge in [0.25, 0.3) is 0 Å². The highest BCUT2D eigenvalue weighted by atomic mass is 35.5. The predicted octanol–water partition coefficient (Wildman–Crippen LogP) is 3.79. The van der Waals surface area contributed by atoms with Gasteiger partial charge in [-0.05, 0) is 18.2 Å². The number of benzene rings is 1. The zero-order valence-corrected chi connectivity index (χ0v) is 12.2. The highest BCUT2D eigenvalue weighted by Gasteiger charge is 2.24. The summed E-state index contributed by atoms with van der Waals surface area (Å²) in [6, 6.07) is 9.17. The summed E-state index contributed by atoms with van der Waals surface area (Å²) in [4.78, 5) is 20.4. The lowest BCUT2D eigenvalue weighted by atomic mass is 10.2. The molecule has 0 amide bonds. The zero-order valence-electron chi connectivity index (χ0n) is 9.84. The van der Waals surface area contributed by atoms with Crippen LogP contribution in [0.5, 0.6) is 0 Å². The van der Waals surface area contributed by atoms with Crippen molar-refractivity contribution in [3.05, 3.63) is 56.1 Å². The van der Waals surface area contributed by atoms with Gasteiger partial charge in [-0.3, -0.25) is 0 Å². The Morgan fingerprint density at radius 2 is 1.95 bits per heavy atom. The fraction of sp³-hybridized carbons (Fsp3) is 0. The monoisotopic (exact) mass is 324 g/mol. The number of ether oxygens (including phenoxy) is 1. The van der Waals surface area contributed by atoms with Gasteiger partial charge in [-0.15, -0.1) is 11.3 Å². The van der Waals surface area contributed by atoms with E-state index in [4.69, 9.17) is 27.9 Å². The summed E-state index contributed by atoms with van der Waals surface area (Å²) in [6.45, 7) is 0. The van der Waals surface area contributed by atoms with E-state index in [0.717, 1.165) is 5.56 Å². The van der Waals surface area contributed by atoms with Crippen LogP contribution in [0, 0.1) is 0 Å². The highest BCUT2D eigenvalue weighted by Crippen LogP contribution is 2.30. The predicted molar refractivity (Wildman–Crippen MR) is 79.2 cm³/mol. The fourth-order valence-electron chi connectivity index (χ4n) is 1.61. The molecule has 1 aliphatic heterocycles. The third-order valence-electron chi connectivity index (χ3n) is 2.49. The van der Waals surface area contributed by atoms with Crippen LogP contribution < -0.4 is 0 Å². The van der Waals surface area contributed by atoms with E-state index in [1.165, 1.54) is 17.4 Å². The molecule has 0 fully saturated rings. The molecule has 2 heterocycles. The summed E-state index contributed by atoms with van der Waals surface area (Å²) < 4.78 is 5.44. The molecule has 1 aromatic heterocycles. The number of hydrogen-bond donors (Lipinski definition) is 0. The standard InChI is InChI=1S/C13H6Cl2N2O2S/c14-10-9(20-13(15)17-10)6-8-12(18)19-11(16-8)7-4-2-1-3-5-7/h1-6H/b8-6-. The van der Waals surface area contributed by atoms with Gasteiger partial charge in [-0.2, -0.15) is 0 Å². The first kappa shape index (κ1) is 13.3. The molecule has 20 heavy (non-hydrogen) atoms. The van der Waals surface area contributed by atoms with Crippen LogP contribution in [-0.4, -0.2) is 16.9 Å². The maximum Gasteiger partial charge on any atom is 0.363 e. The Bertz CT molecular complexity index is 738. The third-order valence-corrected chi connectivity index (χ3v) is 4.00. The largest absolute Gasteiger partial charge is 0.402 e. The van der Waals surface area contributed by atoms with E-state index in [0.29, 0.717) is 9.34 Å². The lowest BCUT2D eigenvalue weighted by Gasteiger charge is -1.97. The number of aromatic nitrogens is 1. The molecule has 0 saturated carbocycles. The minimum atomic E-state index is -0.524. The van der Waals surface area contributed by atoms with Crippen LogP contribution in [0.1, 0.15) is 10.4 Å². The first-order valence-corrected chi connectivity index (χ1v) is 7.10. The first-order chi connectivity index (χ1) is 9.63. The number of thiazole rings is 1. The van der Waals surface area contributed by atoms with Crippen LogP contribution in [0.25, 0.3) is 6.08 Å². The molecule has 0 saturated heterocycles. The van der Waals surface area contributed by atoms with E-state index in [1.54, 1.807) is 0 Å². The molecule has 100 valence electrons. The van der Waals surface area contributed by atoms with Crippen LogP contribution in [0.4, 0.5) is 0 Å². The molecular weight excluding hydrogens is 319 g/mol. The molecule has 0 bridgehead atoms. The van der Waals surface area contributed by atoms with E-state index in [-0.39, 0.29) is 16.7 Å². The van der Waals surface area contributed by atoms with Gasteiger partial charge in [-0.25, -0.2) is 14.8 Å². The minimum Gasteiger partial charge on any atom is -0.402 e. The fourth-order valence-corrected chi connectivity index (χ4v) is 2.92. The molecule has 7 heteroatoms. The molecule has 0 N–H and O–H groups in total. The summed E-state index contributed by atoms with van der Waals surface area (Å²) >= 11 is 12.8. The molecule has 0 spiro atoms. The molecule has 4 nitrogen and oxygen atoms in total. The van der Waals surface area contributed by atoms with Crippen molar-refractivity contribution in [3.63, 3.8) is 0 Å². The second-order valence-electron chi connectivity index (χ2n) is 3.82. The van der Waals surface area contributed by atoms with Crippen molar-refractivity contribution in [2.75, 3.05) is 0 Å². The Balaban J connectivity index is 1.97. The molecule has 0 radical (unpaired) electrons. The average Bonchev–Trinajstić information content (AvgIpc) is 2.95. The maximum absolute atomic E-state index is 11.8. The molecule has 0 unspecified atom stereocenters. The van der Waals surface area contributed by atoms with Gasteiger partial charge in [0.05, 0.1) is 4.88 Å². The summed E-state index contributed by atoms with van der Waals surface area (Å²) in [6.07, 6.45) is 1.52. The van der Waals surface area contributed by atoms with Crippen molar-refractivity contribution in [1.82, 2.24) is 4.98 Å². The van der Waals surface area contributed by atoms with E-state index < -0.39 is 5.97 Å². The number of aliphatic imine (C=N–C) groups is 1. The van der Waals surface area contributed by atoms with Gasteiger partial charge in [0.2, 0.25) is 5.90 Å². The maximum atomic E-state index is 11.8. The normalized spacial score (nSPS) is 16.4. The molecule has 3 rings (SSSR count). The SMILES string of the molecule is O=C1OC(c2ccccc2)=N/C1=C\c1sc(Cl)nc1Cl. The quantitative estimate of drug-likeness (QED) is 0.623. The lowest BCUT2D eigenvalue weighted by Crippen LogP contribution is -2.04. The summed E-state index contributed by atoms with van der Waals surface area (Å²) in [5.74, 6) is -0.252. The number of hydrogen-bond acceptors (Lipinski definition) is 5. The van der Waals surface area contributed by atoms with Crippen LogP contribution >= 0.6 is 34.5 Å². The van der Waals surface area contributed by atoms with Gasteiger partial charge in [0, 0.05) is 5.56 Å². The molecule has 2 aromatic rings. The minimum absolute atomic E-state index is 0.172. The number of cyclic esters (lactones) is 1. The summed E-state index contributed by atoms with van der Waals surface area (Å²) in [7, 11) is 0. The van der Waals surface area contributed by atoms with E-state index in [1.807, 2.05) is 30.3 Å². The smallest absolute Gasteiger partial charge is 0.363 e. The van der Waals surface area contributed by atoms with Gasteiger partial charge >= 0.3 is 5.97 Å². The second kappa shape index (κ2) is 5.36. The number of rotatable bonds is 2. The van der Waals surface area contributed by atoms with Crippen LogP contribution in [0.3, 0.4) is 0 Å². The van der Waals surface area contributed by atoms with E-state index >= 15 is 0 Å². The van der Waals surface area contributed by atoms with Crippen molar-refractivity contribution in [2.24, 2.45) is 4.99 Å². The summed E-state index contributed by atoms with van der Waals surface area (Å²) in [5, 5.41) is 0.240. The first-order valence-electron chi connectivity index (χ1n) is 5.53. The van der Waals surface area contributed by atoms with Crippen molar-refractivity contribution in [3.8, 4) is 0 Å². The van der Waals surface area contributed by atoms with E-state index in [9.17, 15) is 4.79 Å². The Morgan fingerprint density at radius 1 is 1.20 bits per heavy atom. The van der Waals surface area contributed by atoms with Crippen molar-refractivity contribution < 1.29 is 9.53 Å². The Labute approximate surface area is 128 Å². The lowest BCUT2D eigenvalue weighted by molar-refractivity contribution is -0.129. The summed E-state index contributed by atoms with van der Waals surface area (Å²) in [5.41, 5.74) is 0.906.